The summed E-state index contributed by atoms with van der Waals surface area (Å²) < 4.78 is 0. The van der Waals surface area contributed by atoms with Gasteiger partial charge < -0.3 is 15.9 Å². The maximum absolute atomic E-state index is 11.8. The van der Waals surface area contributed by atoms with E-state index in [1.54, 1.807) is 0 Å². The molecule has 0 unspecified atom stereocenters. The summed E-state index contributed by atoms with van der Waals surface area (Å²) in [6.45, 7) is -0.0808. The van der Waals surface area contributed by atoms with E-state index >= 15 is 0 Å². The van der Waals surface area contributed by atoms with Gasteiger partial charge in [-0.15, -0.1) is 11.3 Å². The molecule has 116 valence electrons. The van der Waals surface area contributed by atoms with Crippen molar-refractivity contribution < 1.29 is 9.63 Å². The van der Waals surface area contributed by atoms with Crippen molar-refractivity contribution in [2.24, 2.45) is 10.9 Å². The van der Waals surface area contributed by atoms with Crippen LogP contribution >= 0.6 is 11.3 Å². The van der Waals surface area contributed by atoms with Gasteiger partial charge >= 0.3 is 0 Å². The van der Waals surface area contributed by atoms with Crippen molar-refractivity contribution in [3.05, 3.63) is 22.4 Å². The molecule has 6 heteroatoms. The number of carbonyl (C=O) groups is 1. The summed E-state index contributed by atoms with van der Waals surface area (Å²) >= 11 is 1.49. The van der Waals surface area contributed by atoms with Crippen molar-refractivity contribution >= 4 is 23.1 Å². The first-order valence-electron chi connectivity index (χ1n) is 7.54. The molecule has 1 fully saturated rings. The predicted octanol–water partition coefficient (Wildman–Crippen LogP) is 2.61. The van der Waals surface area contributed by atoms with Gasteiger partial charge in [0.15, 0.2) is 12.4 Å². The number of nitrogens with zero attached hydrogens (tertiary/aromatic N) is 1. The number of amides is 1. The molecule has 1 saturated carbocycles. The Morgan fingerprint density at radius 2 is 2.05 bits per heavy atom. The molecule has 21 heavy (non-hydrogen) atoms. The molecule has 0 aliphatic heterocycles. The zero-order valence-corrected chi connectivity index (χ0v) is 13.0. The Kier molecular flexibility index (Phi) is 6.53. The van der Waals surface area contributed by atoms with Crippen LogP contribution in [-0.2, 0) is 9.63 Å². The minimum Gasteiger partial charge on any atom is -0.384 e. The van der Waals surface area contributed by atoms with Gasteiger partial charge in [0.2, 0.25) is 0 Å². The summed E-state index contributed by atoms with van der Waals surface area (Å²) in [7, 11) is 0. The van der Waals surface area contributed by atoms with Crippen molar-refractivity contribution in [2.45, 2.75) is 51.0 Å². The minimum atomic E-state index is -0.122. The molecule has 0 spiro atoms. The van der Waals surface area contributed by atoms with E-state index in [1.165, 1.54) is 43.4 Å². The van der Waals surface area contributed by atoms with Crippen LogP contribution in [0.25, 0.3) is 0 Å². The third kappa shape index (κ3) is 5.75. The average Bonchev–Trinajstić information content (AvgIpc) is 2.95. The average molecular weight is 309 g/mol. The highest BCUT2D eigenvalue weighted by Crippen LogP contribution is 2.17. The second-order valence-corrected chi connectivity index (χ2v) is 6.28. The summed E-state index contributed by atoms with van der Waals surface area (Å²) in [6.07, 6.45) is 8.36. The molecule has 0 bridgehead atoms. The van der Waals surface area contributed by atoms with Gasteiger partial charge in [0, 0.05) is 6.04 Å². The van der Waals surface area contributed by atoms with E-state index in [4.69, 9.17) is 10.6 Å². The summed E-state index contributed by atoms with van der Waals surface area (Å²) in [5.41, 5.74) is 5.75. The molecule has 3 N–H and O–H groups in total. The van der Waals surface area contributed by atoms with Crippen molar-refractivity contribution in [2.75, 3.05) is 6.61 Å². The third-order valence-corrected chi connectivity index (χ3v) is 4.49. The van der Waals surface area contributed by atoms with Crippen LogP contribution in [0, 0.1) is 0 Å². The fourth-order valence-electron chi connectivity index (χ4n) is 2.50. The van der Waals surface area contributed by atoms with E-state index < -0.39 is 0 Å². The fraction of sp³-hybridized carbons (Fsp3) is 0.600. The second-order valence-electron chi connectivity index (χ2n) is 5.34. The van der Waals surface area contributed by atoms with Gasteiger partial charge in [-0.2, -0.15) is 0 Å². The normalized spacial score (nSPS) is 17.8. The number of hydrogen-bond donors (Lipinski definition) is 2. The van der Waals surface area contributed by atoms with Gasteiger partial charge in [-0.1, -0.05) is 43.3 Å². The highest BCUT2D eigenvalue weighted by atomic mass is 32.1. The van der Waals surface area contributed by atoms with E-state index in [9.17, 15) is 4.79 Å². The Morgan fingerprint density at radius 1 is 1.33 bits per heavy atom. The van der Waals surface area contributed by atoms with E-state index in [-0.39, 0.29) is 18.6 Å². The number of thiophene rings is 1. The van der Waals surface area contributed by atoms with E-state index in [1.807, 2.05) is 17.5 Å². The van der Waals surface area contributed by atoms with Crippen molar-refractivity contribution in [3.63, 3.8) is 0 Å². The van der Waals surface area contributed by atoms with Crippen molar-refractivity contribution in [3.8, 4) is 0 Å². The lowest BCUT2D eigenvalue weighted by Crippen LogP contribution is -2.37. The lowest BCUT2D eigenvalue weighted by molar-refractivity contribution is -0.126. The number of hydrogen-bond acceptors (Lipinski definition) is 4. The number of amidine groups is 1. The van der Waals surface area contributed by atoms with Crippen LogP contribution in [0.4, 0.5) is 0 Å². The molecular weight excluding hydrogens is 286 g/mol. The van der Waals surface area contributed by atoms with Crippen LogP contribution < -0.4 is 11.1 Å². The molecule has 0 atom stereocenters. The second kappa shape index (κ2) is 8.67. The zero-order chi connectivity index (χ0) is 14.9. The summed E-state index contributed by atoms with van der Waals surface area (Å²) in [5, 5.41) is 8.72. The van der Waals surface area contributed by atoms with Crippen LogP contribution in [0.2, 0.25) is 0 Å². The van der Waals surface area contributed by atoms with E-state index in [2.05, 4.69) is 10.5 Å². The molecule has 1 aromatic heterocycles. The largest absolute Gasteiger partial charge is 0.384 e. The number of nitrogens with two attached hydrogens (primary N) is 1. The Balaban J connectivity index is 1.70. The maximum Gasteiger partial charge on any atom is 0.260 e. The monoisotopic (exact) mass is 309 g/mol. The molecule has 0 saturated heterocycles. The number of oxime groups is 1. The van der Waals surface area contributed by atoms with Gasteiger partial charge in [-0.25, -0.2) is 0 Å². The van der Waals surface area contributed by atoms with Crippen LogP contribution in [-0.4, -0.2) is 24.4 Å². The number of nitrogens with one attached hydrogen (secondary N) is 1. The molecular formula is C15H23N3O2S. The molecule has 0 radical (unpaired) electrons. The van der Waals surface area contributed by atoms with Gasteiger partial charge in [0.25, 0.3) is 5.91 Å². The minimum absolute atomic E-state index is 0.0808. The van der Waals surface area contributed by atoms with Crippen LogP contribution in [0.3, 0.4) is 0 Å². The van der Waals surface area contributed by atoms with Gasteiger partial charge in [-0.3, -0.25) is 4.79 Å². The Bertz CT molecular complexity index is 451. The summed E-state index contributed by atoms with van der Waals surface area (Å²) in [4.78, 5) is 17.7. The van der Waals surface area contributed by atoms with Crippen molar-refractivity contribution in [1.82, 2.24) is 5.32 Å². The van der Waals surface area contributed by atoms with Gasteiger partial charge in [-0.05, 0) is 24.3 Å². The molecule has 5 nitrogen and oxygen atoms in total. The van der Waals surface area contributed by atoms with Crippen molar-refractivity contribution in [1.29, 1.82) is 0 Å². The number of carbonyl (C=O) groups excluding carboxylic acids is 1. The lowest BCUT2D eigenvalue weighted by atomic mass is 9.97. The molecule has 1 aromatic rings. The topological polar surface area (TPSA) is 76.7 Å². The fourth-order valence-corrected chi connectivity index (χ4v) is 3.12. The Labute approximate surface area is 129 Å². The summed E-state index contributed by atoms with van der Waals surface area (Å²) in [5.74, 6) is 0.187. The third-order valence-electron chi connectivity index (χ3n) is 3.60. The molecule has 1 amide bonds. The lowest BCUT2D eigenvalue weighted by Gasteiger charge is -2.20. The first kappa shape index (κ1) is 15.8. The highest BCUT2D eigenvalue weighted by molar-refractivity contribution is 7.12. The standard InChI is InChI=1S/C15H23N3O2S/c16-15(13-9-6-10-21-13)18-20-11-14(19)17-12-7-4-2-1-3-5-8-12/h6,9-10,12H,1-5,7-8,11H2,(H2,16,18)(H,17,19). The Hall–Kier alpha value is -1.56. The molecule has 0 aromatic carbocycles. The number of rotatable bonds is 5. The van der Waals surface area contributed by atoms with Crippen LogP contribution in [0.1, 0.15) is 49.8 Å². The molecule has 1 heterocycles. The Morgan fingerprint density at radius 3 is 2.71 bits per heavy atom. The quantitative estimate of drug-likeness (QED) is 0.498. The summed E-state index contributed by atoms with van der Waals surface area (Å²) in [6, 6.07) is 4.03. The first-order chi connectivity index (χ1) is 10.3. The van der Waals surface area contributed by atoms with Gasteiger partial charge in [0.1, 0.15) is 0 Å². The van der Waals surface area contributed by atoms with Crippen LogP contribution in [0.15, 0.2) is 22.7 Å². The maximum atomic E-state index is 11.8. The van der Waals surface area contributed by atoms with Crippen LogP contribution in [0.5, 0.6) is 0 Å². The SMILES string of the molecule is NC(=NOCC(=O)NC1CCCCCCC1)c1cccs1. The highest BCUT2D eigenvalue weighted by Gasteiger charge is 2.14. The first-order valence-corrected chi connectivity index (χ1v) is 8.42. The smallest absolute Gasteiger partial charge is 0.260 e. The zero-order valence-electron chi connectivity index (χ0n) is 12.2. The molecule has 2 rings (SSSR count). The molecule has 1 aliphatic rings. The molecule has 1 aliphatic carbocycles. The predicted molar refractivity (Wildman–Crippen MR) is 85.2 cm³/mol. The van der Waals surface area contributed by atoms with Gasteiger partial charge in [0.05, 0.1) is 4.88 Å². The van der Waals surface area contributed by atoms with E-state index in [0.717, 1.165) is 17.7 Å². The van der Waals surface area contributed by atoms with E-state index in [0.29, 0.717) is 5.84 Å².